The van der Waals surface area contributed by atoms with Crippen molar-refractivity contribution in [2.75, 3.05) is 0 Å². The van der Waals surface area contributed by atoms with Gasteiger partial charge in [-0.1, -0.05) is 41.9 Å². The molecule has 0 spiro atoms. The number of rotatable bonds is 3. The molecular formula is C16H11ClN2O2. The predicted octanol–water partition coefficient (Wildman–Crippen LogP) is 4.18. The fourth-order valence-corrected chi connectivity index (χ4v) is 2.04. The lowest BCUT2D eigenvalue weighted by Crippen LogP contribution is -1.78. The van der Waals surface area contributed by atoms with Crippen LogP contribution in [0.4, 0.5) is 0 Å². The fraction of sp³-hybridized carbons (Fsp3) is 0. The molecular weight excluding hydrogens is 288 g/mol. The normalized spacial score (nSPS) is 11.6. The summed E-state index contributed by atoms with van der Waals surface area (Å²) in [6.07, 6.45) is 1.66. The summed E-state index contributed by atoms with van der Waals surface area (Å²) in [5, 5.41) is 17.6. The average molecular weight is 299 g/mol. The molecule has 1 heterocycles. The number of benzene rings is 2. The molecule has 0 bridgehead atoms. The van der Waals surface area contributed by atoms with Crippen molar-refractivity contribution in [2.24, 2.45) is 0 Å². The minimum Gasteiger partial charge on any atom is -0.508 e. The van der Waals surface area contributed by atoms with Gasteiger partial charge in [0.15, 0.2) is 0 Å². The van der Waals surface area contributed by atoms with Gasteiger partial charge in [-0.3, -0.25) is 0 Å². The summed E-state index contributed by atoms with van der Waals surface area (Å²) in [5.41, 5.74) is 1.58. The van der Waals surface area contributed by atoms with E-state index in [2.05, 4.69) is 10.2 Å². The van der Waals surface area contributed by atoms with Crippen LogP contribution in [0, 0.1) is 0 Å². The Morgan fingerprint density at radius 3 is 2.62 bits per heavy atom. The quantitative estimate of drug-likeness (QED) is 0.788. The highest BCUT2D eigenvalue weighted by molar-refractivity contribution is 6.50. The van der Waals surface area contributed by atoms with E-state index in [1.165, 1.54) is 0 Å². The van der Waals surface area contributed by atoms with Gasteiger partial charge in [0.2, 0.25) is 5.89 Å². The maximum atomic E-state index is 9.43. The van der Waals surface area contributed by atoms with Crippen LogP contribution in [0.15, 0.2) is 59.0 Å². The number of aromatic nitrogens is 2. The van der Waals surface area contributed by atoms with Crippen LogP contribution >= 0.6 is 11.6 Å². The van der Waals surface area contributed by atoms with Gasteiger partial charge in [0, 0.05) is 5.56 Å². The lowest BCUT2D eigenvalue weighted by Gasteiger charge is -1.96. The number of phenols is 1. The van der Waals surface area contributed by atoms with Crippen molar-refractivity contribution >= 4 is 22.7 Å². The molecule has 3 aromatic rings. The van der Waals surface area contributed by atoms with Crippen molar-refractivity contribution in [3.05, 3.63) is 66.1 Å². The Bertz CT molecular complexity index is 782. The topological polar surface area (TPSA) is 59.2 Å². The van der Waals surface area contributed by atoms with Crippen molar-refractivity contribution in [1.29, 1.82) is 0 Å². The Labute approximate surface area is 126 Å². The van der Waals surface area contributed by atoms with Crippen LogP contribution in [0.1, 0.15) is 11.5 Å². The zero-order valence-electron chi connectivity index (χ0n) is 10.9. The molecule has 1 N–H and O–H groups in total. The zero-order valence-corrected chi connectivity index (χ0v) is 11.7. The van der Waals surface area contributed by atoms with Crippen molar-refractivity contribution in [3.63, 3.8) is 0 Å². The molecule has 0 unspecified atom stereocenters. The van der Waals surface area contributed by atoms with E-state index in [4.69, 9.17) is 16.0 Å². The number of aromatic hydroxyl groups is 1. The number of hydrogen-bond acceptors (Lipinski definition) is 4. The smallest absolute Gasteiger partial charge is 0.259 e. The summed E-state index contributed by atoms with van der Waals surface area (Å²) in [6.45, 7) is 0. The van der Waals surface area contributed by atoms with Crippen molar-refractivity contribution < 1.29 is 9.52 Å². The second kappa shape index (κ2) is 5.81. The first-order valence-corrected chi connectivity index (χ1v) is 6.66. The maximum Gasteiger partial charge on any atom is 0.259 e. The van der Waals surface area contributed by atoms with Crippen LogP contribution in [0.25, 0.3) is 22.6 Å². The Morgan fingerprint density at radius 2 is 1.86 bits per heavy atom. The second-order valence-corrected chi connectivity index (χ2v) is 4.77. The van der Waals surface area contributed by atoms with Crippen LogP contribution in [0.2, 0.25) is 0 Å². The molecule has 104 valence electrons. The lowest BCUT2D eigenvalue weighted by molar-refractivity contribution is 0.475. The summed E-state index contributed by atoms with van der Waals surface area (Å²) >= 11 is 6.18. The van der Waals surface area contributed by atoms with Crippen LogP contribution in [-0.2, 0) is 0 Å². The van der Waals surface area contributed by atoms with Crippen LogP contribution in [-0.4, -0.2) is 15.3 Å². The first kappa shape index (κ1) is 13.4. The molecule has 0 aliphatic rings. The molecule has 0 saturated heterocycles. The third-order valence-corrected chi connectivity index (χ3v) is 3.08. The predicted molar refractivity (Wildman–Crippen MR) is 81.6 cm³/mol. The van der Waals surface area contributed by atoms with E-state index in [1.54, 1.807) is 24.3 Å². The third-order valence-electron chi connectivity index (χ3n) is 2.81. The highest BCUT2D eigenvalue weighted by Gasteiger charge is 2.11. The molecule has 1 aromatic heterocycles. The van der Waals surface area contributed by atoms with Gasteiger partial charge in [-0.25, -0.2) is 0 Å². The highest BCUT2D eigenvalue weighted by Crippen LogP contribution is 2.25. The highest BCUT2D eigenvalue weighted by atomic mass is 35.5. The molecule has 0 amide bonds. The standard InChI is InChI=1S/C16H11ClN2O2/c17-14(10-11-5-4-8-13(20)9-11)16-19-18-15(21-16)12-6-2-1-3-7-12/h1-10,20H/b14-10-. The lowest BCUT2D eigenvalue weighted by atomic mass is 10.2. The molecule has 5 heteroatoms. The van der Waals surface area contributed by atoms with Crippen LogP contribution < -0.4 is 0 Å². The van der Waals surface area contributed by atoms with E-state index in [9.17, 15) is 5.11 Å². The Hall–Kier alpha value is -2.59. The number of hydrogen-bond donors (Lipinski definition) is 1. The van der Waals surface area contributed by atoms with Gasteiger partial charge in [0.05, 0.1) is 0 Å². The molecule has 0 fully saturated rings. The molecule has 2 aromatic carbocycles. The van der Waals surface area contributed by atoms with Gasteiger partial charge in [0.1, 0.15) is 10.8 Å². The summed E-state index contributed by atoms with van der Waals surface area (Å²) in [7, 11) is 0. The Morgan fingerprint density at radius 1 is 1.05 bits per heavy atom. The number of phenolic OH excluding ortho intramolecular Hbond substituents is 1. The summed E-state index contributed by atoms with van der Waals surface area (Å²) in [5.74, 6) is 0.815. The molecule has 4 nitrogen and oxygen atoms in total. The van der Waals surface area contributed by atoms with Gasteiger partial charge < -0.3 is 9.52 Å². The van der Waals surface area contributed by atoms with E-state index in [1.807, 2.05) is 36.4 Å². The molecule has 21 heavy (non-hydrogen) atoms. The molecule has 0 radical (unpaired) electrons. The van der Waals surface area contributed by atoms with Crippen molar-refractivity contribution in [3.8, 4) is 17.2 Å². The minimum atomic E-state index is 0.170. The summed E-state index contributed by atoms with van der Waals surface area (Å²) < 4.78 is 5.55. The van der Waals surface area contributed by atoms with Crippen LogP contribution in [0.5, 0.6) is 5.75 Å². The first-order valence-electron chi connectivity index (χ1n) is 6.28. The van der Waals surface area contributed by atoms with Gasteiger partial charge in [-0.05, 0) is 35.9 Å². The SMILES string of the molecule is Oc1cccc(/C=C(\Cl)c2nnc(-c3ccccc3)o2)c1. The fourth-order valence-electron chi connectivity index (χ4n) is 1.84. The number of halogens is 1. The Kier molecular flexibility index (Phi) is 3.71. The molecule has 0 aliphatic carbocycles. The van der Waals surface area contributed by atoms with E-state index >= 15 is 0 Å². The zero-order chi connectivity index (χ0) is 14.7. The molecule has 0 atom stereocenters. The van der Waals surface area contributed by atoms with Crippen LogP contribution in [0.3, 0.4) is 0 Å². The second-order valence-electron chi connectivity index (χ2n) is 4.37. The molecule has 0 saturated carbocycles. The van der Waals surface area contributed by atoms with E-state index in [0.29, 0.717) is 10.9 Å². The van der Waals surface area contributed by atoms with Gasteiger partial charge in [-0.15, -0.1) is 10.2 Å². The van der Waals surface area contributed by atoms with Crippen molar-refractivity contribution in [1.82, 2.24) is 10.2 Å². The van der Waals surface area contributed by atoms with Crippen molar-refractivity contribution in [2.45, 2.75) is 0 Å². The summed E-state index contributed by atoms with van der Waals surface area (Å²) in [6, 6.07) is 16.2. The monoisotopic (exact) mass is 298 g/mol. The number of nitrogens with zero attached hydrogens (tertiary/aromatic N) is 2. The summed E-state index contributed by atoms with van der Waals surface area (Å²) in [4.78, 5) is 0. The largest absolute Gasteiger partial charge is 0.508 e. The molecule has 3 rings (SSSR count). The Balaban J connectivity index is 1.89. The third kappa shape index (κ3) is 3.12. The first-order chi connectivity index (χ1) is 10.2. The van der Waals surface area contributed by atoms with E-state index < -0.39 is 0 Å². The minimum absolute atomic E-state index is 0.170. The van der Waals surface area contributed by atoms with Gasteiger partial charge >= 0.3 is 0 Å². The molecule has 0 aliphatic heterocycles. The van der Waals surface area contributed by atoms with Gasteiger partial charge in [-0.2, -0.15) is 0 Å². The van der Waals surface area contributed by atoms with E-state index in [0.717, 1.165) is 11.1 Å². The van der Waals surface area contributed by atoms with E-state index in [-0.39, 0.29) is 11.6 Å². The average Bonchev–Trinajstić information content (AvgIpc) is 2.98. The van der Waals surface area contributed by atoms with Gasteiger partial charge in [0.25, 0.3) is 5.89 Å². The maximum absolute atomic E-state index is 9.43.